The first-order valence-electron chi connectivity index (χ1n) is 18.3. The van der Waals surface area contributed by atoms with E-state index in [0.29, 0.717) is 0 Å². The van der Waals surface area contributed by atoms with Gasteiger partial charge in [-0.05, 0) is 71.3 Å². The predicted octanol–water partition coefficient (Wildman–Crippen LogP) is 14.2. The van der Waals surface area contributed by atoms with Crippen molar-refractivity contribution < 1.29 is 8.83 Å². The van der Waals surface area contributed by atoms with Gasteiger partial charge in [-0.15, -0.1) is 0 Å². The van der Waals surface area contributed by atoms with Gasteiger partial charge in [0.1, 0.15) is 11.2 Å². The van der Waals surface area contributed by atoms with Crippen LogP contribution in [0.4, 0.5) is 17.1 Å². The zero-order valence-corrected chi connectivity index (χ0v) is 29.2. The first-order chi connectivity index (χ1) is 26.8. The van der Waals surface area contributed by atoms with Gasteiger partial charge in [0.25, 0.3) is 0 Å². The highest BCUT2D eigenvalue weighted by molar-refractivity contribution is 6.22. The van der Waals surface area contributed by atoms with Crippen molar-refractivity contribution in [1.29, 1.82) is 0 Å². The summed E-state index contributed by atoms with van der Waals surface area (Å²) in [6.45, 7) is 0. The summed E-state index contributed by atoms with van der Waals surface area (Å²) in [6, 6.07) is 68.3. The van der Waals surface area contributed by atoms with Crippen molar-refractivity contribution in [3.8, 4) is 27.9 Å². The van der Waals surface area contributed by atoms with Crippen LogP contribution in [0.5, 0.6) is 0 Å². The average molecular weight is 693 g/mol. The molecular formula is C50H32N2O2. The van der Waals surface area contributed by atoms with Crippen molar-refractivity contribution in [2.24, 2.45) is 0 Å². The molecule has 4 nitrogen and oxygen atoms in total. The first-order valence-corrected chi connectivity index (χ1v) is 18.3. The van der Waals surface area contributed by atoms with Gasteiger partial charge in [-0.1, -0.05) is 140 Å². The largest absolute Gasteiger partial charge is 0.454 e. The Morgan fingerprint density at radius 3 is 1.83 bits per heavy atom. The van der Waals surface area contributed by atoms with Crippen LogP contribution < -0.4 is 4.90 Å². The number of benzene rings is 8. The number of anilines is 3. The standard InChI is InChI=1S/C50H32N2O2/c1-3-14-33(15-4-1)34-28-30-37(31-29-34)51(44-25-13-23-41-40-20-7-9-26-45(40)53-49(41)44)38-19-11-16-35(32-38)39-22-12-24-43-47-42-21-8-10-27-46(42)54-50(47)52(48(39)43)36-17-5-2-6-18-36/h1-32H. The lowest BCUT2D eigenvalue weighted by Gasteiger charge is -2.26. The van der Waals surface area contributed by atoms with Crippen LogP contribution in [-0.2, 0) is 0 Å². The Morgan fingerprint density at radius 1 is 0.407 bits per heavy atom. The van der Waals surface area contributed by atoms with E-state index in [9.17, 15) is 0 Å². The monoisotopic (exact) mass is 692 g/mol. The van der Waals surface area contributed by atoms with E-state index in [-0.39, 0.29) is 0 Å². The summed E-state index contributed by atoms with van der Waals surface area (Å²) in [6.07, 6.45) is 0. The first kappa shape index (κ1) is 30.3. The Kier molecular flexibility index (Phi) is 6.82. The molecule has 0 atom stereocenters. The molecule has 0 aliphatic heterocycles. The quantitative estimate of drug-likeness (QED) is 0.174. The van der Waals surface area contributed by atoms with E-state index in [1.165, 1.54) is 11.1 Å². The van der Waals surface area contributed by atoms with E-state index in [4.69, 9.17) is 8.83 Å². The summed E-state index contributed by atoms with van der Waals surface area (Å²) >= 11 is 0. The maximum absolute atomic E-state index is 6.64. The smallest absolute Gasteiger partial charge is 0.213 e. The number of furan rings is 2. The van der Waals surface area contributed by atoms with Crippen molar-refractivity contribution in [2.75, 3.05) is 4.90 Å². The third-order valence-corrected chi connectivity index (χ3v) is 10.6. The number of aromatic nitrogens is 1. The lowest BCUT2D eigenvalue weighted by atomic mass is 10.00. The number of rotatable bonds is 6. The molecule has 54 heavy (non-hydrogen) atoms. The second-order valence-electron chi connectivity index (χ2n) is 13.7. The summed E-state index contributed by atoms with van der Waals surface area (Å²) in [5.74, 6) is 0. The molecule has 0 saturated carbocycles. The third-order valence-electron chi connectivity index (χ3n) is 10.6. The summed E-state index contributed by atoms with van der Waals surface area (Å²) in [5, 5.41) is 5.58. The minimum atomic E-state index is 0.845. The highest BCUT2D eigenvalue weighted by Crippen LogP contribution is 2.46. The normalized spacial score (nSPS) is 11.7. The van der Waals surface area contributed by atoms with Crippen molar-refractivity contribution in [3.63, 3.8) is 0 Å². The summed E-state index contributed by atoms with van der Waals surface area (Å²) in [7, 11) is 0. The Bertz CT molecular complexity index is 3150. The van der Waals surface area contributed by atoms with Crippen molar-refractivity contribution in [3.05, 3.63) is 194 Å². The topological polar surface area (TPSA) is 34.5 Å². The van der Waals surface area contributed by atoms with Gasteiger partial charge >= 0.3 is 0 Å². The number of fused-ring (bicyclic) bond motifs is 8. The summed E-state index contributed by atoms with van der Waals surface area (Å²) in [5.41, 5.74) is 13.2. The average Bonchev–Trinajstić information content (AvgIpc) is 3.91. The van der Waals surface area contributed by atoms with E-state index in [2.05, 4.69) is 179 Å². The minimum absolute atomic E-state index is 0.845. The lowest BCUT2D eigenvalue weighted by molar-refractivity contribution is 0.645. The van der Waals surface area contributed by atoms with E-state index < -0.39 is 0 Å². The fraction of sp³-hybridized carbons (Fsp3) is 0. The Morgan fingerprint density at radius 2 is 1.02 bits per heavy atom. The van der Waals surface area contributed by atoms with Crippen LogP contribution in [0.25, 0.3) is 82.9 Å². The molecule has 0 spiro atoms. The number of hydrogen-bond donors (Lipinski definition) is 0. The molecule has 8 aromatic carbocycles. The molecule has 11 rings (SSSR count). The lowest BCUT2D eigenvalue weighted by Crippen LogP contribution is -2.10. The van der Waals surface area contributed by atoms with Crippen molar-refractivity contribution in [2.45, 2.75) is 0 Å². The SMILES string of the molecule is c1ccc(-c2ccc(N(c3cccc(-c4cccc5c6c7ccccc7oc6n(-c6ccccc6)c45)c3)c3cccc4c3oc3ccccc34)cc2)cc1. The fourth-order valence-electron chi connectivity index (χ4n) is 8.18. The Hall–Kier alpha value is -7.30. The van der Waals surface area contributed by atoms with Crippen LogP contribution in [0.2, 0.25) is 0 Å². The van der Waals surface area contributed by atoms with Gasteiger partial charge < -0.3 is 13.7 Å². The highest BCUT2D eigenvalue weighted by Gasteiger charge is 2.23. The third kappa shape index (κ3) is 4.70. The maximum atomic E-state index is 6.64. The Labute approximate surface area is 311 Å². The minimum Gasteiger partial charge on any atom is -0.454 e. The molecule has 0 aliphatic carbocycles. The number of hydrogen-bond acceptors (Lipinski definition) is 3. The molecule has 0 fully saturated rings. The second-order valence-corrected chi connectivity index (χ2v) is 13.7. The van der Waals surface area contributed by atoms with E-state index in [1.807, 2.05) is 24.3 Å². The molecular weight excluding hydrogens is 661 g/mol. The highest BCUT2D eigenvalue weighted by atomic mass is 16.3. The number of nitrogens with zero attached hydrogens (tertiary/aromatic N) is 2. The van der Waals surface area contributed by atoms with Gasteiger partial charge in [0, 0.05) is 44.2 Å². The summed E-state index contributed by atoms with van der Waals surface area (Å²) in [4.78, 5) is 2.32. The molecule has 3 heterocycles. The zero-order valence-electron chi connectivity index (χ0n) is 29.2. The molecule has 0 radical (unpaired) electrons. The van der Waals surface area contributed by atoms with Gasteiger partial charge in [0.05, 0.1) is 16.6 Å². The molecule has 3 aromatic heterocycles. The van der Waals surface area contributed by atoms with Crippen molar-refractivity contribution >= 4 is 72.0 Å². The molecule has 4 heteroatoms. The van der Waals surface area contributed by atoms with Gasteiger partial charge in [0.15, 0.2) is 5.58 Å². The molecule has 0 aliphatic rings. The van der Waals surface area contributed by atoms with Gasteiger partial charge in [-0.25, -0.2) is 0 Å². The Balaban J connectivity index is 1.14. The second kappa shape index (κ2) is 12.1. The predicted molar refractivity (Wildman–Crippen MR) is 223 cm³/mol. The fourth-order valence-corrected chi connectivity index (χ4v) is 8.18. The van der Waals surface area contributed by atoms with Gasteiger partial charge in [0.2, 0.25) is 5.71 Å². The molecule has 0 N–H and O–H groups in total. The van der Waals surface area contributed by atoms with Crippen LogP contribution in [0.3, 0.4) is 0 Å². The summed E-state index contributed by atoms with van der Waals surface area (Å²) < 4.78 is 15.6. The van der Waals surface area contributed by atoms with Crippen molar-refractivity contribution in [1.82, 2.24) is 4.57 Å². The van der Waals surface area contributed by atoms with Crippen LogP contribution in [0.15, 0.2) is 203 Å². The van der Waals surface area contributed by atoms with Gasteiger partial charge in [-0.2, -0.15) is 0 Å². The van der Waals surface area contributed by atoms with Gasteiger partial charge in [-0.3, -0.25) is 4.57 Å². The molecule has 0 amide bonds. The maximum Gasteiger partial charge on any atom is 0.213 e. The van der Waals surface area contributed by atoms with Crippen LogP contribution in [-0.4, -0.2) is 4.57 Å². The molecule has 11 aromatic rings. The van der Waals surface area contributed by atoms with E-state index >= 15 is 0 Å². The molecule has 0 saturated heterocycles. The molecule has 0 bridgehead atoms. The number of para-hydroxylation sites is 5. The van der Waals surface area contributed by atoms with E-state index in [0.717, 1.165) is 88.8 Å². The molecule has 0 unspecified atom stereocenters. The van der Waals surface area contributed by atoms with Crippen LogP contribution >= 0.6 is 0 Å². The van der Waals surface area contributed by atoms with Crippen LogP contribution in [0, 0.1) is 0 Å². The van der Waals surface area contributed by atoms with E-state index in [1.54, 1.807) is 0 Å². The zero-order chi connectivity index (χ0) is 35.6. The molecule has 254 valence electrons. The van der Waals surface area contributed by atoms with Crippen LogP contribution in [0.1, 0.15) is 0 Å².